The zero-order valence-electron chi connectivity index (χ0n) is 6.66. The normalized spacial score (nSPS) is 38.7. The van der Waals surface area contributed by atoms with Gasteiger partial charge in [0, 0.05) is 0 Å². The molecule has 0 radical (unpaired) electrons. The van der Waals surface area contributed by atoms with Gasteiger partial charge in [0.15, 0.2) is 5.78 Å². The lowest BCUT2D eigenvalue weighted by Gasteiger charge is -2.30. The van der Waals surface area contributed by atoms with Crippen molar-refractivity contribution >= 4 is 5.78 Å². The zero-order chi connectivity index (χ0) is 8.65. The van der Waals surface area contributed by atoms with E-state index in [2.05, 4.69) is 0 Å². The topological polar surface area (TPSA) is 57.5 Å². The Balaban J connectivity index is 2.96. The molecule has 0 spiro atoms. The van der Waals surface area contributed by atoms with Gasteiger partial charge in [-0.25, -0.2) is 0 Å². The van der Waals surface area contributed by atoms with Crippen LogP contribution in [0.25, 0.3) is 0 Å². The maximum absolute atomic E-state index is 11.1. The number of carbonyl (C=O) groups is 1. The molecule has 2 N–H and O–H groups in total. The third-order valence-corrected chi connectivity index (χ3v) is 2.04. The number of hydrogen-bond acceptors (Lipinski definition) is 3. The molecule has 3 nitrogen and oxygen atoms in total. The van der Waals surface area contributed by atoms with Crippen LogP contribution in [-0.4, -0.2) is 27.7 Å². The molecule has 62 valence electrons. The van der Waals surface area contributed by atoms with Crippen molar-refractivity contribution in [2.75, 3.05) is 0 Å². The summed E-state index contributed by atoms with van der Waals surface area (Å²) in [5.41, 5.74) is -0.770. The van der Waals surface area contributed by atoms with E-state index in [9.17, 15) is 15.0 Å². The molecule has 0 fully saturated rings. The van der Waals surface area contributed by atoms with Crippen LogP contribution in [0, 0.1) is 0 Å². The van der Waals surface area contributed by atoms with Crippen LogP contribution in [0.4, 0.5) is 0 Å². The first-order chi connectivity index (χ1) is 4.94. The molecule has 0 heterocycles. The molecule has 0 saturated heterocycles. The average molecular weight is 156 g/mol. The fraction of sp³-hybridized carbons (Fsp3) is 0.625. The van der Waals surface area contributed by atoms with Crippen molar-refractivity contribution in [1.29, 1.82) is 0 Å². The summed E-state index contributed by atoms with van der Waals surface area (Å²) in [6.45, 7) is 3.10. The van der Waals surface area contributed by atoms with Crippen LogP contribution >= 0.6 is 0 Å². The second-order valence-electron chi connectivity index (χ2n) is 3.22. The van der Waals surface area contributed by atoms with E-state index >= 15 is 0 Å². The fourth-order valence-corrected chi connectivity index (χ4v) is 1.10. The van der Waals surface area contributed by atoms with Crippen LogP contribution in [0.5, 0.6) is 0 Å². The Labute approximate surface area is 65.3 Å². The molecule has 1 rings (SSSR count). The van der Waals surface area contributed by atoms with Crippen molar-refractivity contribution in [3.8, 4) is 0 Å². The van der Waals surface area contributed by atoms with Gasteiger partial charge in [0.2, 0.25) is 0 Å². The molecule has 0 unspecified atom stereocenters. The lowest BCUT2D eigenvalue weighted by Crippen LogP contribution is -2.48. The van der Waals surface area contributed by atoms with Crippen LogP contribution in [0.3, 0.4) is 0 Å². The first kappa shape index (κ1) is 8.43. The van der Waals surface area contributed by atoms with Crippen molar-refractivity contribution in [1.82, 2.24) is 0 Å². The third kappa shape index (κ3) is 1.34. The van der Waals surface area contributed by atoms with Gasteiger partial charge < -0.3 is 10.2 Å². The Morgan fingerprint density at radius 1 is 1.73 bits per heavy atom. The average Bonchev–Trinajstić information content (AvgIpc) is 1.84. The molecular formula is C8H12O3. The van der Waals surface area contributed by atoms with E-state index in [1.54, 1.807) is 6.92 Å². The summed E-state index contributed by atoms with van der Waals surface area (Å²) in [5.74, 6) is -0.409. The van der Waals surface area contributed by atoms with Gasteiger partial charge >= 0.3 is 0 Å². The maximum Gasteiger partial charge on any atom is 0.189 e. The molecule has 3 heteroatoms. The molecule has 0 aromatic rings. The van der Waals surface area contributed by atoms with Crippen LogP contribution in [0.1, 0.15) is 20.3 Å². The summed E-state index contributed by atoms with van der Waals surface area (Å²) < 4.78 is 0. The SMILES string of the molecule is CC1=CC(=O)[C@](C)(O)[C@@H](O)C1. The predicted molar refractivity (Wildman–Crippen MR) is 40.0 cm³/mol. The Bertz CT molecular complexity index is 215. The molecule has 0 aromatic heterocycles. The molecule has 0 bridgehead atoms. The predicted octanol–water partition coefficient (Wildman–Crippen LogP) is 0.0174. The van der Waals surface area contributed by atoms with Gasteiger partial charge in [0.05, 0.1) is 6.10 Å². The van der Waals surface area contributed by atoms with Gasteiger partial charge in [-0.05, 0) is 26.3 Å². The first-order valence-electron chi connectivity index (χ1n) is 3.56. The quantitative estimate of drug-likeness (QED) is 0.519. The summed E-state index contributed by atoms with van der Waals surface area (Å²) >= 11 is 0. The van der Waals surface area contributed by atoms with Crippen molar-refractivity contribution in [3.63, 3.8) is 0 Å². The van der Waals surface area contributed by atoms with Gasteiger partial charge in [-0.1, -0.05) is 5.57 Å². The Kier molecular flexibility index (Phi) is 1.86. The number of hydrogen-bond donors (Lipinski definition) is 2. The number of rotatable bonds is 0. The van der Waals surface area contributed by atoms with Crippen LogP contribution < -0.4 is 0 Å². The van der Waals surface area contributed by atoms with Gasteiger partial charge in [-0.2, -0.15) is 0 Å². The minimum absolute atomic E-state index is 0.374. The molecule has 1 aliphatic carbocycles. The molecular weight excluding hydrogens is 144 g/mol. The summed E-state index contributed by atoms with van der Waals surface area (Å²) in [7, 11) is 0. The van der Waals surface area contributed by atoms with E-state index in [1.807, 2.05) is 0 Å². The number of carbonyl (C=O) groups excluding carboxylic acids is 1. The minimum Gasteiger partial charge on any atom is -0.389 e. The molecule has 1 aliphatic rings. The molecule has 2 atom stereocenters. The highest BCUT2D eigenvalue weighted by Gasteiger charge is 2.39. The largest absolute Gasteiger partial charge is 0.389 e. The number of aliphatic hydroxyl groups excluding tert-OH is 1. The first-order valence-corrected chi connectivity index (χ1v) is 3.56. The minimum atomic E-state index is -1.58. The van der Waals surface area contributed by atoms with Crippen molar-refractivity contribution < 1.29 is 15.0 Å². The van der Waals surface area contributed by atoms with E-state index in [4.69, 9.17) is 0 Å². The van der Waals surface area contributed by atoms with E-state index in [0.29, 0.717) is 6.42 Å². The highest BCUT2D eigenvalue weighted by molar-refractivity contribution is 5.98. The maximum atomic E-state index is 11.1. The molecule has 11 heavy (non-hydrogen) atoms. The standard InChI is InChI=1S/C8H12O3/c1-5-3-6(9)8(2,11)7(10)4-5/h3,7,10-11H,4H2,1-2H3/t7-,8-/m0/s1. The summed E-state index contributed by atoms with van der Waals surface area (Å²) in [6, 6.07) is 0. The summed E-state index contributed by atoms with van der Waals surface area (Å²) in [5, 5.41) is 18.7. The third-order valence-electron chi connectivity index (χ3n) is 2.04. The Morgan fingerprint density at radius 3 is 2.73 bits per heavy atom. The van der Waals surface area contributed by atoms with E-state index in [1.165, 1.54) is 13.0 Å². The van der Waals surface area contributed by atoms with Crippen LogP contribution in [-0.2, 0) is 4.79 Å². The molecule has 0 saturated carbocycles. The van der Waals surface area contributed by atoms with Crippen LogP contribution in [0.15, 0.2) is 11.6 Å². The highest BCUT2D eigenvalue weighted by atomic mass is 16.3. The molecule has 0 amide bonds. The molecule has 0 aliphatic heterocycles. The lowest BCUT2D eigenvalue weighted by molar-refractivity contribution is -0.143. The number of aliphatic hydroxyl groups is 2. The summed E-state index contributed by atoms with van der Waals surface area (Å²) in [4.78, 5) is 11.1. The van der Waals surface area contributed by atoms with E-state index in [0.717, 1.165) is 5.57 Å². The van der Waals surface area contributed by atoms with Gasteiger partial charge in [-0.15, -0.1) is 0 Å². The second kappa shape index (κ2) is 2.43. The monoisotopic (exact) mass is 156 g/mol. The Morgan fingerprint density at radius 2 is 2.27 bits per heavy atom. The van der Waals surface area contributed by atoms with E-state index in [-0.39, 0.29) is 0 Å². The van der Waals surface area contributed by atoms with Crippen molar-refractivity contribution in [2.24, 2.45) is 0 Å². The fourth-order valence-electron chi connectivity index (χ4n) is 1.10. The van der Waals surface area contributed by atoms with Crippen LogP contribution in [0.2, 0.25) is 0 Å². The second-order valence-corrected chi connectivity index (χ2v) is 3.22. The van der Waals surface area contributed by atoms with E-state index < -0.39 is 17.5 Å². The lowest BCUT2D eigenvalue weighted by atomic mass is 9.84. The Hall–Kier alpha value is -0.670. The van der Waals surface area contributed by atoms with Crippen molar-refractivity contribution in [2.45, 2.75) is 32.0 Å². The van der Waals surface area contributed by atoms with Gasteiger partial charge in [-0.3, -0.25) is 4.79 Å². The molecule has 0 aromatic carbocycles. The van der Waals surface area contributed by atoms with Crippen molar-refractivity contribution in [3.05, 3.63) is 11.6 Å². The highest BCUT2D eigenvalue weighted by Crippen LogP contribution is 2.24. The zero-order valence-corrected chi connectivity index (χ0v) is 6.66. The summed E-state index contributed by atoms with van der Waals surface area (Å²) in [6.07, 6.45) is 0.797. The number of ketones is 1. The smallest absolute Gasteiger partial charge is 0.189 e. The van der Waals surface area contributed by atoms with Gasteiger partial charge in [0.25, 0.3) is 0 Å². The van der Waals surface area contributed by atoms with Gasteiger partial charge in [0.1, 0.15) is 5.60 Å².